The van der Waals surface area contributed by atoms with Crippen molar-refractivity contribution in [1.82, 2.24) is 9.71 Å². The summed E-state index contributed by atoms with van der Waals surface area (Å²) in [4.78, 5) is 3.20. The molecule has 0 amide bonds. The summed E-state index contributed by atoms with van der Waals surface area (Å²) in [5.74, 6) is 0. The molecule has 0 unspecified atom stereocenters. The molecule has 84 valence electrons. The molecule has 0 aromatic carbocycles. The zero-order valence-corrected chi connectivity index (χ0v) is 8.14. The van der Waals surface area contributed by atoms with Crippen LogP contribution in [0.15, 0.2) is 29.4 Å². The summed E-state index contributed by atoms with van der Waals surface area (Å²) < 4.78 is 59.2. The van der Waals surface area contributed by atoms with Crippen LogP contribution in [0.25, 0.3) is 0 Å². The van der Waals surface area contributed by atoms with Crippen LogP contribution in [0.4, 0.5) is 13.2 Å². The number of rotatable bonds is 3. The molecule has 1 heterocycles. The number of alkyl halides is 3. The highest BCUT2D eigenvalue weighted by atomic mass is 32.2. The van der Waals surface area contributed by atoms with Crippen molar-refractivity contribution in [3.8, 4) is 0 Å². The number of sulfonamides is 1. The summed E-state index contributed by atoms with van der Waals surface area (Å²) in [7, 11) is -4.13. The van der Waals surface area contributed by atoms with Gasteiger partial charge in [0.1, 0.15) is 11.4 Å². The Morgan fingerprint density at radius 2 is 2.07 bits per heavy atom. The van der Waals surface area contributed by atoms with E-state index in [9.17, 15) is 21.6 Å². The summed E-state index contributed by atoms with van der Waals surface area (Å²) >= 11 is 0. The van der Waals surface area contributed by atoms with Crippen molar-refractivity contribution < 1.29 is 21.6 Å². The van der Waals surface area contributed by atoms with Gasteiger partial charge < -0.3 is 0 Å². The third kappa shape index (κ3) is 3.84. The fraction of sp³-hybridized carbons (Fsp3) is 0.286. The van der Waals surface area contributed by atoms with Crippen LogP contribution in [0.5, 0.6) is 0 Å². The molecule has 0 aliphatic rings. The molecule has 0 fully saturated rings. The van der Waals surface area contributed by atoms with Crippen molar-refractivity contribution in [2.75, 3.05) is 6.54 Å². The van der Waals surface area contributed by atoms with Crippen molar-refractivity contribution >= 4 is 10.0 Å². The lowest BCUT2D eigenvalue weighted by atomic mass is 10.5. The quantitative estimate of drug-likeness (QED) is 0.854. The van der Waals surface area contributed by atoms with Crippen LogP contribution < -0.4 is 4.72 Å². The van der Waals surface area contributed by atoms with Crippen LogP contribution in [0, 0.1) is 0 Å². The van der Waals surface area contributed by atoms with Gasteiger partial charge in [-0.25, -0.2) is 13.1 Å². The van der Waals surface area contributed by atoms with E-state index < -0.39 is 22.7 Å². The van der Waals surface area contributed by atoms with Crippen LogP contribution >= 0.6 is 0 Å². The second kappa shape index (κ2) is 4.15. The number of hydrogen-bond acceptors (Lipinski definition) is 3. The Bertz CT molecular complexity index is 416. The topological polar surface area (TPSA) is 59.1 Å². The minimum Gasteiger partial charge on any atom is -0.263 e. The average Bonchev–Trinajstić information content (AvgIpc) is 2.16. The van der Waals surface area contributed by atoms with E-state index in [1.165, 1.54) is 17.0 Å². The molecule has 1 N–H and O–H groups in total. The lowest BCUT2D eigenvalue weighted by molar-refractivity contribution is -0.121. The Morgan fingerprint density at radius 3 is 2.53 bits per heavy atom. The maximum atomic E-state index is 11.8. The highest BCUT2D eigenvalue weighted by molar-refractivity contribution is 7.89. The van der Waals surface area contributed by atoms with Crippen molar-refractivity contribution in [2.24, 2.45) is 0 Å². The maximum Gasteiger partial charge on any atom is 0.402 e. The van der Waals surface area contributed by atoms with Gasteiger partial charge >= 0.3 is 6.18 Å². The van der Waals surface area contributed by atoms with Crippen LogP contribution in [-0.4, -0.2) is 26.1 Å². The minimum atomic E-state index is -4.57. The molecule has 0 spiro atoms. The number of nitrogens with one attached hydrogen (secondary N) is 1. The molecule has 0 saturated carbocycles. The lowest BCUT2D eigenvalue weighted by Crippen LogP contribution is -2.33. The standard InChI is InChI=1S/C7H7F3N2O2S/c8-7(9,10)5-12-15(13,14)6-2-1-3-11-4-6/h1-4,12H,5H2. The molecule has 1 aromatic rings. The first-order valence-corrected chi connectivity index (χ1v) is 5.26. The van der Waals surface area contributed by atoms with E-state index in [0.717, 1.165) is 12.3 Å². The first kappa shape index (κ1) is 11.9. The molecule has 0 atom stereocenters. The first-order valence-electron chi connectivity index (χ1n) is 3.78. The minimum absolute atomic E-state index is 0.297. The molecule has 0 aliphatic carbocycles. The highest BCUT2D eigenvalue weighted by Crippen LogP contribution is 2.14. The SMILES string of the molecule is O=S(=O)(NCC(F)(F)F)c1cccnc1. The summed E-state index contributed by atoms with van der Waals surface area (Å²) in [6, 6.07) is 2.48. The predicted molar refractivity (Wildman–Crippen MR) is 45.5 cm³/mol. The summed E-state index contributed by atoms with van der Waals surface area (Å²) in [6.45, 7) is -1.59. The van der Waals surface area contributed by atoms with Crippen LogP contribution in [0.1, 0.15) is 0 Å². The molecule has 15 heavy (non-hydrogen) atoms. The first-order chi connectivity index (χ1) is 6.81. The summed E-state index contributed by atoms with van der Waals surface area (Å²) in [6.07, 6.45) is -2.28. The van der Waals surface area contributed by atoms with Crippen molar-refractivity contribution in [1.29, 1.82) is 0 Å². The molecule has 0 radical (unpaired) electrons. The number of aromatic nitrogens is 1. The van der Waals surface area contributed by atoms with E-state index in [4.69, 9.17) is 0 Å². The molecular weight excluding hydrogens is 233 g/mol. The zero-order valence-electron chi connectivity index (χ0n) is 7.32. The third-order valence-corrected chi connectivity index (χ3v) is 2.79. The molecule has 1 aromatic heterocycles. The molecule has 0 aliphatic heterocycles. The fourth-order valence-electron chi connectivity index (χ4n) is 0.766. The second-order valence-corrected chi connectivity index (χ2v) is 4.40. The van der Waals surface area contributed by atoms with Crippen molar-refractivity contribution in [2.45, 2.75) is 11.1 Å². The Hall–Kier alpha value is -1.15. The third-order valence-electron chi connectivity index (χ3n) is 1.41. The number of pyridine rings is 1. The Balaban J connectivity index is 2.78. The average molecular weight is 240 g/mol. The van der Waals surface area contributed by atoms with Gasteiger partial charge in [-0.05, 0) is 12.1 Å². The lowest BCUT2D eigenvalue weighted by Gasteiger charge is -2.08. The van der Waals surface area contributed by atoms with Gasteiger partial charge in [0.05, 0.1) is 0 Å². The van der Waals surface area contributed by atoms with Crippen molar-refractivity contribution in [3.05, 3.63) is 24.5 Å². The van der Waals surface area contributed by atoms with E-state index >= 15 is 0 Å². The summed E-state index contributed by atoms with van der Waals surface area (Å²) in [5, 5.41) is 0. The van der Waals surface area contributed by atoms with Gasteiger partial charge in [0.2, 0.25) is 10.0 Å². The van der Waals surface area contributed by atoms with E-state index in [1.54, 1.807) is 0 Å². The molecule has 8 heteroatoms. The molecule has 0 bridgehead atoms. The van der Waals surface area contributed by atoms with Crippen molar-refractivity contribution in [3.63, 3.8) is 0 Å². The second-order valence-electron chi connectivity index (χ2n) is 2.63. The van der Waals surface area contributed by atoms with E-state index in [-0.39, 0.29) is 4.90 Å². The van der Waals surface area contributed by atoms with Gasteiger partial charge in [-0.3, -0.25) is 4.98 Å². The van der Waals surface area contributed by atoms with Crippen LogP contribution in [0.3, 0.4) is 0 Å². The van der Waals surface area contributed by atoms with Gasteiger partial charge in [0, 0.05) is 12.4 Å². The van der Waals surface area contributed by atoms with E-state index in [0.29, 0.717) is 0 Å². The molecule has 4 nitrogen and oxygen atoms in total. The Morgan fingerprint density at radius 1 is 1.40 bits per heavy atom. The highest BCUT2D eigenvalue weighted by Gasteiger charge is 2.29. The number of hydrogen-bond donors (Lipinski definition) is 1. The fourth-order valence-corrected chi connectivity index (χ4v) is 1.74. The molecular formula is C7H7F3N2O2S. The van der Waals surface area contributed by atoms with Gasteiger partial charge in [0.25, 0.3) is 0 Å². The van der Waals surface area contributed by atoms with Gasteiger partial charge in [-0.1, -0.05) is 0 Å². The Labute approximate surface area is 84.2 Å². The molecule has 0 saturated heterocycles. The summed E-state index contributed by atoms with van der Waals surface area (Å²) in [5.41, 5.74) is 0. The largest absolute Gasteiger partial charge is 0.402 e. The normalized spacial score (nSPS) is 12.7. The maximum absolute atomic E-state index is 11.8. The van der Waals surface area contributed by atoms with Gasteiger partial charge in [-0.15, -0.1) is 0 Å². The number of nitrogens with zero attached hydrogens (tertiary/aromatic N) is 1. The smallest absolute Gasteiger partial charge is 0.263 e. The van der Waals surface area contributed by atoms with Crippen LogP contribution in [0.2, 0.25) is 0 Å². The monoisotopic (exact) mass is 240 g/mol. The van der Waals surface area contributed by atoms with E-state index in [2.05, 4.69) is 4.98 Å². The predicted octanol–water partition coefficient (Wildman–Crippen LogP) is 0.922. The molecule has 1 rings (SSSR count). The number of halogens is 3. The Kier molecular flexibility index (Phi) is 3.30. The van der Waals surface area contributed by atoms with E-state index in [1.807, 2.05) is 0 Å². The van der Waals surface area contributed by atoms with Gasteiger partial charge in [-0.2, -0.15) is 13.2 Å². The van der Waals surface area contributed by atoms with Crippen LogP contribution in [-0.2, 0) is 10.0 Å². The zero-order chi connectivity index (χ0) is 11.5. The van der Waals surface area contributed by atoms with Gasteiger partial charge in [0.15, 0.2) is 0 Å².